The second kappa shape index (κ2) is 7.97. The Morgan fingerprint density at radius 3 is 2.48 bits per heavy atom. The van der Waals surface area contributed by atoms with Gasteiger partial charge < -0.3 is 10.2 Å². The molecular weight excluding hydrogens is 368 g/mol. The van der Waals surface area contributed by atoms with Gasteiger partial charge in [0.15, 0.2) is 0 Å². The van der Waals surface area contributed by atoms with Crippen molar-refractivity contribution in [2.45, 2.75) is 58.4 Å². The van der Waals surface area contributed by atoms with E-state index in [0.29, 0.717) is 25.2 Å². The Morgan fingerprint density at radius 1 is 1.07 bits per heavy atom. The maximum absolute atomic E-state index is 12.8. The lowest BCUT2D eigenvalue weighted by Gasteiger charge is -2.33. The molecule has 0 unspecified atom stereocenters. The van der Waals surface area contributed by atoms with Crippen LogP contribution in [-0.4, -0.2) is 47.5 Å². The molecule has 1 aromatic rings. The Balaban J connectivity index is 1.40. The molecule has 29 heavy (non-hydrogen) atoms. The number of aryl methyl sites for hydroxylation is 2. The Labute approximate surface area is 171 Å². The zero-order valence-corrected chi connectivity index (χ0v) is 17.1. The molecule has 1 N–H and O–H groups in total. The van der Waals surface area contributed by atoms with Crippen LogP contribution in [0.1, 0.15) is 49.7 Å². The van der Waals surface area contributed by atoms with Crippen molar-refractivity contribution >= 4 is 29.1 Å². The van der Waals surface area contributed by atoms with E-state index in [9.17, 15) is 14.4 Å². The fourth-order valence-corrected chi connectivity index (χ4v) is 3.95. The largest absolute Gasteiger partial charge is 0.348 e. The van der Waals surface area contributed by atoms with Crippen LogP contribution in [-0.2, 0) is 14.4 Å². The van der Waals surface area contributed by atoms with Crippen LogP contribution in [0.3, 0.4) is 0 Å². The summed E-state index contributed by atoms with van der Waals surface area (Å²) in [5, 5.41) is 8.83. The van der Waals surface area contributed by atoms with Crippen LogP contribution in [0, 0.1) is 19.8 Å². The van der Waals surface area contributed by atoms with Crippen molar-refractivity contribution in [3.8, 4) is 0 Å². The molecule has 2 fully saturated rings. The molecule has 3 amide bonds. The van der Waals surface area contributed by atoms with Crippen LogP contribution in [0.2, 0.25) is 0 Å². The molecule has 2 aliphatic heterocycles. The van der Waals surface area contributed by atoms with Crippen molar-refractivity contribution in [2.75, 3.05) is 18.1 Å². The van der Waals surface area contributed by atoms with Gasteiger partial charge in [-0.3, -0.25) is 14.4 Å². The number of nitrogens with zero attached hydrogens (tertiary/aromatic N) is 3. The number of carbonyl (C=O) groups excluding carboxylic acids is 3. The summed E-state index contributed by atoms with van der Waals surface area (Å²) in [4.78, 5) is 39.3. The van der Waals surface area contributed by atoms with Gasteiger partial charge in [0.2, 0.25) is 11.8 Å². The molecule has 2 heterocycles. The van der Waals surface area contributed by atoms with Gasteiger partial charge in [-0.05, 0) is 56.7 Å². The number of hydrazone groups is 1. The summed E-state index contributed by atoms with van der Waals surface area (Å²) in [6.07, 6.45) is 4.18. The van der Waals surface area contributed by atoms with Gasteiger partial charge in [0, 0.05) is 37.9 Å². The van der Waals surface area contributed by atoms with Crippen LogP contribution in [0.5, 0.6) is 0 Å². The first kappa shape index (κ1) is 19.6. The third-order valence-corrected chi connectivity index (χ3v) is 5.96. The standard InChI is InChI=1S/C22H28N4O3/c1-14-3-4-15(2)19(13-14)26-20(27)8-7-18(24-26)21(28)23-17-9-11-25(12-10-17)22(29)16-5-6-16/h3-4,13,16-17H,5-12H2,1-2H3,(H,23,28). The van der Waals surface area contributed by atoms with Gasteiger partial charge in [-0.25, -0.2) is 5.01 Å². The summed E-state index contributed by atoms with van der Waals surface area (Å²) in [5.41, 5.74) is 3.11. The van der Waals surface area contributed by atoms with Gasteiger partial charge in [0.1, 0.15) is 5.71 Å². The number of amides is 3. The summed E-state index contributed by atoms with van der Waals surface area (Å²) < 4.78 is 0. The first-order valence-corrected chi connectivity index (χ1v) is 10.5. The second-order valence-corrected chi connectivity index (χ2v) is 8.39. The maximum Gasteiger partial charge on any atom is 0.267 e. The minimum atomic E-state index is -0.209. The lowest BCUT2D eigenvalue weighted by Crippen LogP contribution is -2.49. The number of nitrogens with one attached hydrogen (secondary N) is 1. The number of rotatable bonds is 4. The molecule has 1 saturated carbocycles. The number of benzene rings is 1. The van der Waals surface area contributed by atoms with Crippen molar-refractivity contribution in [1.29, 1.82) is 0 Å². The molecule has 0 atom stereocenters. The Kier molecular flexibility index (Phi) is 5.39. The van der Waals surface area contributed by atoms with Crippen molar-refractivity contribution in [2.24, 2.45) is 11.0 Å². The van der Waals surface area contributed by atoms with Crippen LogP contribution in [0.25, 0.3) is 0 Å². The first-order chi connectivity index (χ1) is 13.9. The molecule has 0 spiro atoms. The van der Waals surface area contributed by atoms with Crippen molar-refractivity contribution in [1.82, 2.24) is 10.2 Å². The number of carbonyl (C=O) groups is 3. The summed E-state index contributed by atoms with van der Waals surface area (Å²) in [6.45, 7) is 5.29. The lowest BCUT2D eigenvalue weighted by molar-refractivity contribution is -0.133. The zero-order chi connectivity index (χ0) is 20.5. The SMILES string of the molecule is Cc1ccc(C)c(N2N=C(C(=O)NC3CCN(C(=O)C4CC4)CC3)CCC2=O)c1. The molecule has 7 nitrogen and oxygen atoms in total. The van der Waals surface area contributed by atoms with E-state index < -0.39 is 0 Å². The summed E-state index contributed by atoms with van der Waals surface area (Å²) in [5.74, 6) is 0.211. The number of hydrogen-bond donors (Lipinski definition) is 1. The van der Waals surface area contributed by atoms with E-state index in [1.165, 1.54) is 5.01 Å². The van der Waals surface area contributed by atoms with E-state index in [-0.39, 0.29) is 36.1 Å². The quantitative estimate of drug-likeness (QED) is 0.848. The molecule has 1 aromatic carbocycles. The van der Waals surface area contributed by atoms with Crippen molar-refractivity contribution in [3.05, 3.63) is 29.3 Å². The van der Waals surface area contributed by atoms with Crippen LogP contribution in [0.15, 0.2) is 23.3 Å². The molecule has 0 aromatic heterocycles. The monoisotopic (exact) mass is 396 g/mol. The zero-order valence-electron chi connectivity index (χ0n) is 17.1. The highest BCUT2D eigenvalue weighted by Gasteiger charge is 2.35. The number of piperidine rings is 1. The van der Waals surface area contributed by atoms with Gasteiger partial charge in [-0.1, -0.05) is 12.1 Å². The Morgan fingerprint density at radius 2 is 1.79 bits per heavy atom. The van der Waals surface area contributed by atoms with Crippen LogP contribution < -0.4 is 10.3 Å². The van der Waals surface area contributed by atoms with E-state index in [4.69, 9.17) is 0 Å². The van der Waals surface area contributed by atoms with Gasteiger partial charge >= 0.3 is 0 Å². The third kappa shape index (κ3) is 4.33. The predicted molar refractivity (Wildman–Crippen MR) is 111 cm³/mol. The Hall–Kier alpha value is -2.70. The first-order valence-electron chi connectivity index (χ1n) is 10.5. The van der Waals surface area contributed by atoms with Crippen molar-refractivity contribution < 1.29 is 14.4 Å². The average molecular weight is 396 g/mol. The second-order valence-electron chi connectivity index (χ2n) is 8.39. The van der Waals surface area contributed by atoms with Gasteiger partial charge in [0.25, 0.3) is 5.91 Å². The molecule has 154 valence electrons. The van der Waals surface area contributed by atoms with Gasteiger partial charge in [-0.2, -0.15) is 5.10 Å². The van der Waals surface area contributed by atoms with E-state index in [0.717, 1.165) is 42.5 Å². The van der Waals surface area contributed by atoms with Crippen molar-refractivity contribution in [3.63, 3.8) is 0 Å². The van der Waals surface area contributed by atoms with E-state index >= 15 is 0 Å². The average Bonchev–Trinajstić information content (AvgIpc) is 3.56. The molecule has 4 rings (SSSR count). The molecule has 0 bridgehead atoms. The fourth-order valence-electron chi connectivity index (χ4n) is 3.95. The van der Waals surface area contributed by atoms with Gasteiger partial charge in [0.05, 0.1) is 5.69 Å². The molecular formula is C22H28N4O3. The van der Waals surface area contributed by atoms with E-state index in [2.05, 4.69) is 10.4 Å². The molecule has 1 saturated heterocycles. The summed E-state index contributed by atoms with van der Waals surface area (Å²) >= 11 is 0. The van der Waals surface area contributed by atoms with Crippen LogP contribution in [0.4, 0.5) is 5.69 Å². The number of hydrogen-bond acceptors (Lipinski definition) is 4. The summed E-state index contributed by atoms with van der Waals surface area (Å²) in [6, 6.07) is 5.91. The molecule has 1 aliphatic carbocycles. The number of likely N-dealkylation sites (tertiary alicyclic amines) is 1. The van der Waals surface area contributed by atoms with E-state index in [1.807, 2.05) is 36.9 Å². The number of anilines is 1. The minimum absolute atomic E-state index is 0.0419. The molecule has 0 radical (unpaired) electrons. The Bertz CT molecular complexity index is 867. The topological polar surface area (TPSA) is 82.1 Å². The highest BCUT2D eigenvalue weighted by molar-refractivity contribution is 6.40. The molecule has 3 aliphatic rings. The van der Waals surface area contributed by atoms with Gasteiger partial charge in [-0.15, -0.1) is 0 Å². The smallest absolute Gasteiger partial charge is 0.267 e. The fraction of sp³-hybridized carbons (Fsp3) is 0.545. The third-order valence-electron chi connectivity index (χ3n) is 5.96. The summed E-state index contributed by atoms with van der Waals surface area (Å²) in [7, 11) is 0. The predicted octanol–water partition coefficient (Wildman–Crippen LogP) is 2.30. The highest BCUT2D eigenvalue weighted by Crippen LogP contribution is 2.32. The normalized spacial score (nSPS) is 20.5. The lowest BCUT2D eigenvalue weighted by atomic mass is 10.0. The van der Waals surface area contributed by atoms with E-state index in [1.54, 1.807) is 0 Å². The minimum Gasteiger partial charge on any atom is -0.348 e. The highest BCUT2D eigenvalue weighted by atomic mass is 16.2. The molecule has 7 heteroatoms. The maximum atomic E-state index is 12.8. The van der Waals surface area contributed by atoms with Crippen LogP contribution >= 0.6 is 0 Å².